The number of halogens is 3. The van der Waals surface area contributed by atoms with E-state index in [0.717, 1.165) is 6.07 Å². The fraction of sp³-hybridized carbons (Fsp3) is 0.167. The molecule has 0 aliphatic carbocycles. The van der Waals surface area contributed by atoms with E-state index in [1.54, 1.807) is 22.6 Å². The topological polar surface area (TPSA) is 53.1 Å². The Morgan fingerprint density at radius 1 is 1.58 bits per heavy atom. The molecule has 12 heavy (non-hydrogen) atoms. The SMILES string of the molecule is O=c1[nH]c(C(F)F)c(I)cc1O. The molecule has 66 valence electrons. The summed E-state index contributed by atoms with van der Waals surface area (Å²) < 4.78 is 24.3. The first-order valence-corrected chi connectivity index (χ1v) is 4.00. The molecule has 6 heteroatoms. The zero-order valence-electron chi connectivity index (χ0n) is 5.64. The van der Waals surface area contributed by atoms with Crippen molar-refractivity contribution < 1.29 is 13.9 Å². The molecule has 2 N–H and O–H groups in total. The Labute approximate surface area is 79.6 Å². The first-order valence-electron chi connectivity index (χ1n) is 2.92. The van der Waals surface area contributed by atoms with Crippen LogP contribution in [0.5, 0.6) is 5.75 Å². The predicted molar refractivity (Wildman–Crippen MR) is 46.4 cm³/mol. The van der Waals surface area contributed by atoms with Gasteiger partial charge in [-0.1, -0.05) is 0 Å². The summed E-state index contributed by atoms with van der Waals surface area (Å²) >= 11 is 1.61. The van der Waals surface area contributed by atoms with Gasteiger partial charge >= 0.3 is 0 Å². The van der Waals surface area contributed by atoms with E-state index >= 15 is 0 Å². The van der Waals surface area contributed by atoms with E-state index in [1.807, 2.05) is 4.98 Å². The molecule has 0 aliphatic rings. The van der Waals surface area contributed by atoms with E-state index < -0.39 is 23.4 Å². The van der Waals surface area contributed by atoms with Gasteiger partial charge in [0.05, 0.1) is 5.69 Å². The lowest BCUT2D eigenvalue weighted by atomic mass is 10.3. The Morgan fingerprint density at radius 2 is 2.17 bits per heavy atom. The summed E-state index contributed by atoms with van der Waals surface area (Å²) in [7, 11) is 0. The molecule has 1 aromatic rings. The van der Waals surface area contributed by atoms with Crippen LogP contribution in [0.1, 0.15) is 12.1 Å². The quantitative estimate of drug-likeness (QED) is 0.771. The van der Waals surface area contributed by atoms with Crippen LogP contribution >= 0.6 is 22.6 Å². The molecule has 0 spiro atoms. The molecule has 0 aromatic carbocycles. The number of rotatable bonds is 1. The van der Waals surface area contributed by atoms with E-state index in [4.69, 9.17) is 5.11 Å². The van der Waals surface area contributed by atoms with Crippen molar-refractivity contribution in [3.05, 3.63) is 25.7 Å². The van der Waals surface area contributed by atoms with E-state index in [-0.39, 0.29) is 3.57 Å². The van der Waals surface area contributed by atoms with Gasteiger partial charge in [-0.05, 0) is 22.6 Å². The van der Waals surface area contributed by atoms with Crippen LogP contribution in [0.2, 0.25) is 0 Å². The van der Waals surface area contributed by atoms with Gasteiger partial charge in [-0.15, -0.1) is 0 Å². The largest absolute Gasteiger partial charge is 0.503 e. The summed E-state index contributed by atoms with van der Waals surface area (Å²) in [6.45, 7) is 0. The minimum atomic E-state index is -2.73. The Kier molecular flexibility index (Phi) is 2.65. The van der Waals surface area contributed by atoms with Crippen molar-refractivity contribution in [3.63, 3.8) is 0 Å². The van der Waals surface area contributed by atoms with Crippen LogP contribution in [0.4, 0.5) is 8.78 Å². The van der Waals surface area contributed by atoms with Crippen molar-refractivity contribution in [1.82, 2.24) is 4.98 Å². The summed E-state index contributed by atoms with van der Waals surface area (Å²) in [6.07, 6.45) is -2.73. The molecule has 3 nitrogen and oxygen atoms in total. The Hall–Kier alpha value is -0.660. The maximum absolute atomic E-state index is 12.1. The smallest absolute Gasteiger partial charge is 0.290 e. The van der Waals surface area contributed by atoms with Crippen LogP contribution in [0, 0.1) is 3.57 Å². The molecule has 0 bridgehead atoms. The molecule has 1 aromatic heterocycles. The summed E-state index contributed by atoms with van der Waals surface area (Å²) in [5.41, 5.74) is -1.36. The molecule has 0 saturated carbocycles. The second-order valence-electron chi connectivity index (χ2n) is 2.05. The molecule has 0 radical (unpaired) electrons. The zero-order valence-corrected chi connectivity index (χ0v) is 7.80. The van der Waals surface area contributed by atoms with Gasteiger partial charge in [0.2, 0.25) is 0 Å². The van der Waals surface area contributed by atoms with Crippen molar-refractivity contribution in [2.75, 3.05) is 0 Å². The van der Waals surface area contributed by atoms with Crippen LogP contribution in [0.15, 0.2) is 10.9 Å². The lowest BCUT2D eigenvalue weighted by molar-refractivity contribution is 0.144. The molecule has 0 aliphatic heterocycles. The number of aromatic nitrogens is 1. The van der Waals surface area contributed by atoms with Crippen LogP contribution in [-0.2, 0) is 0 Å². The maximum atomic E-state index is 12.1. The van der Waals surface area contributed by atoms with Gasteiger partial charge in [-0.25, -0.2) is 8.78 Å². The minimum Gasteiger partial charge on any atom is -0.503 e. The van der Waals surface area contributed by atoms with E-state index in [1.165, 1.54) is 0 Å². The third-order valence-corrected chi connectivity index (χ3v) is 2.11. The van der Waals surface area contributed by atoms with E-state index in [2.05, 4.69) is 0 Å². The van der Waals surface area contributed by atoms with Crippen LogP contribution in [0.3, 0.4) is 0 Å². The molecule has 1 heterocycles. The molecule has 1 rings (SSSR count). The summed E-state index contributed by atoms with van der Waals surface area (Å²) in [5, 5.41) is 8.81. The summed E-state index contributed by atoms with van der Waals surface area (Å²) in [5.74, 6) is -0.552. The van der Waals surface area contributed by atoms with Crippen molar-refractivity contribution >= 4 is 22.6 Å². The van der Waals surface area contributed by atoms with Gasteiger partial charge < -0.3 is 10.1 Å². The molecule has 0 amide bonds. The Morgan fingerprint density at radius 3 is 2.67 bits per heavy atom. The monoisotopic (exact) mass is 287 g/mol. The molecule has 0 saturated heterocycles. The normalized spacial score (nSPS) is 10.7. The van der Waals surface area contributed by atoms with Gasteiger partial charge in [0.25, 0.3) is 12.0 Å². The van der Waals surface area contributed by atoms with Crippen LogP contribution in [-0.4, -0.2) is 10.1 Å². The number of aromatic hydroxyl groups is 1. The summed E-state index contributed by atoms with van der Waals surface area (Å²) in [4.78, 5) is 12.5. The highest BCUT2D eigenvalue weighted by atomic mass is 127. The third-order valence-electron chi connectivity index (χ3n) is 1.22. The Balaban J connectivity index is 3.33. The number of hydrogen-bond donors (Lipinski definition) is 2. The molecule has 0 atom stereocenters. The number of alkyl halides is 2. The first kappa shape index (κ1) is 9.43. The molecular weight excluding hydrogens is 283 g/mol. The Bertz CT molecular complexity index is 350. The van der Waals surface area contributed by atoms with Crippen molar-refractivity contribution in [2.45, 2.75) is 6.43 Å². The lowest BCUT2D eigenvalue weighted by Gasteiger charge is -2.02. The number of aromatic amines is 1. The van der Waals surface area contributed by atoms with Crippen LogP contribution < -0.4 is 5.56 Å². The highest BCUT2D eigenvalue weighted by Gasteiger charge is 2.14. The maximum Gasteiger partial charge on any atom is 0.290 e. The molecule has 0 fully saturated rings. The highest BCUT2D eigenvalue weighted by molar-refractivity contribution is 14.1. The second kappa shape index (κ2) is 3.38. The lowest BCUT2D eigenvalue weighted by Crippen LogP contribution is -2.10. The van der Waals surface area contributed by atoms with Gasteiger partial charge in [0, 0.05) is 9.64 Å². The number of hydrogen-bond acceptors (Lipinski definition) is 2. The van der Waals surface area contributed by atoms with Crippen LogP contribution in [0.25, 0.3) is 0 Å². The molecule has 0 unspecified atom stereocenters. The first-order chi connectivity index (χ1) is 5.52. The second-order valence-corrected chi connectivity index (χ2v) is 3.21. The van der Waals surface area contributed by atoms with E-state index in [9.17, 15) is 13.6 Å². The van der Waals surface area contributed by atoms with Crippen molar-refractivity contribution in [3.8, 4) is 5.75 Å². The fourth-order valence-electron chi connectivity index (χ4n) is 0.668. The van der Waals surface area contributed by atoms with Crippen molar-refractivity contribution in [2.24, 2.45) is 0 Å². The van der Waals surface area contributed by atoms with Gasteiger partial charge in [-0.3, -0.25) is 4.79 Å². The number of nitrogens with one attached hydrogen (secondary N) is 1. The zero-order chi connectivity index (χ0) is 9.30. The summed E-state index contributed by atoms with van der Waals surface area (Å²) in [6, 6.07) is 1.00. The van der Waals surface area contributed by atoms with Crippen molar-refractivity contribution in [1.29, 1.82) is 0 Å². The fourth-order valence-corrected chi connectivity index (χ4v) is 1.33. The molecular formula is C6H4F2INO2. The van der Waals surface area contributed by atoms with Gasteiger partial charge in [0.1, 0.15) is 0 Å². The number of pyridine rings is 1. The van der Waals surface area contributed by atoms with Gasteiger partial charge in [0.15, 0.2) is 5.75 Å². The third kappa shape index (κ3) is 1.74. The average molecular weight is 287 g/mol. The predicted octanol–water partition coefficient (Wildman–Crippen LogP) is 1.62. The standard InChI is InChI=1S/C6H4F2INO2/c7-5(8)4-2(9)1-3(11)6(12)10-4/h1,5,11H,(H,10,12). The van der Waals surface area contributed by atoms with E-state index in [0.29, 0.717) is 0 Å². The average Bonchev–Trinajstić information content (AvgIpc) is 1.96. The number of H-pyrrole nitrogens is 1. The minimum absolute atomic E-state index is 0.139. The highest BCUT2D eigenvalue weighted by Crippen LogP contribution is 2.22. The van der Waals surface area contributed by atoms with Gasteiger partial charge in [-0.2, -0.15) is 0 Å².